The Kier molecular flexibility index (Phi) is 5.68. The summed E-state index contributed by atoms with van der Waals surface area (Å²) in [6.45, 7) is 9.70. The topological polar surface area (TPSA) is 38.3 Å². The fourth-order valence-electron chi connectivity index (χ4n) is 0.590. The Hall–Kier alpha value is -1.25. The molecule has 0 rings (SSSR count). The highest BCUT2D eigenvalue weighted by Crippen LogP contribution is 1.97. The summed E-state index contributed by atoms with van der Waals surface area (Å²) in [5.41, 5.74) is 1.43. The van der Waals surface area contributed by atoms with E-state index in [4.69, 9.17) is 4.74 Å². The van der Waals surface area contributed by atoms with Crippen LogP contribution in [0.4, 0.5) is 0 Å². The van der Waals surface area contributed by atoms with Gasteiger partial charge in [0.15, 0.2) is 0 Å². The van der Waals surface area contributed by atoms with E-state index in [1.54, 1.807) is 13.1 Å². The van der Waals surface area contributed by atoms with Crippen molar-refractivity contribution >= 4 is 5.97 Å². The van der Waals surface area contributed by atoms with Crippen molar-refractivity contribution in [2.45, 2.75) is 27.2 Å². The largest absolute Gasteiger partial charge is 0.461 e. The summed E-state index contributed by atoms with van der Waals surface area (Å²) in [7, 11) is 0. The van der Waals surface area contributed by atoms with Gasteiger partial charge in [0, 0.05) is 6.20 Å². The van der Waals surface area contributed by atoms with Crippen LogP contribution in [0.3, 0.4) is 0 Å². The summed E-state index contributed by atoms with van der Waals surface area (Å²) in [5.74, 6) is -0.400. The van der Waals surface area contributed by atoms with Gasteiger partial charge in [0.2, 0.25) is 0 Å². The van der Waals surface area contributed by atoms with Gasteiger partial charge in [0.1, 0.15) is 5.70 Å². The molecule has 0 aliphatic carbocycles. The quantitative estimate of drug-likeness (QED) is 0.523. The lowest BCUT2D eigenvalue weighted by atomic mass is 10.2. The third kappa shape index (κ3) is 5.06. The minimum absolute atomic E-state index is 0.273. The Labute approximate surface area is 79.5 Å². The third-order valence-electron chi connectivity index (χ3n) is 1.57. The zero-order chi connectivity index (χ0) is 10.3. The number of esters is 1. The molecule has 0 aromatic heterocycles. The monoisotopic (exact) mass is 183 g/mol. The Morgan fingerprint density at radius 3 is 2.62 bits per heavy atom. The summed E-state index contributed by atoms with van der Waals surface area (Å²) >= 11 is 0. The van der Waals surface area contributed by atoms with E-state index in [2.05, 4.69) is 11.9 Å². The van der Waals surface area contributed by atoms with Crippen LogP contribution in [0.5, 0.6) is 0 Å². The molecule has 13 heavy (non-hydrogen) atoms. The van der Waals surface area contributed by atoms with Crippen molar-refractivity contribution in [3.8, 4) is 0 Å². The molecular formula is C10H17NO2. The van der Waals surface area contributed by atoms with E-state index in [0.29, 0.717) is 6.61 Å². The number of ether oxygens (including phenoxy) is 1. The number of rotatable bonds is 5. The zero-order valence-electron chi connectivity index (χ0n) is 8.52. The second kappa shape index (κ2) is 6.29. The maximum Gasteiger partial charge on any atom is 0.354 e. The van der Waals surface area contributed by atoms with Crippen LogP contribution >= 0.6 is 0 Å². The molecule has 0 aromatic rings. The first-order valence-corrected chi connectivity index (χ1v) is 4.40. The van der Waals surface area contributed by atoms with Crippen LogP contribution in [0.15, 0.2) is 24.0 Å². The summed E-state index contributed by atoms with van der Waals surface area (Å²) in [4.78, 5) is 11.0. The maximum absolute atomic E-state index is 11.0. The molecule has 0 unspecified atom stereocenters. The van der Waals surface area contributed by atoms with Gasteiger partial charge in [-0.2, -0.15) is 0 Å². The average Bonchev–Trinajstić information content (AvgIpc) is 2.13. The minimum Gasteiger partial charge on any atom is -0.461 e. The highest BCUT2D eigenvalue weighted by molar-refractivity contribution is 5.87. The molecule has 0 saturated heterocycles. The molecule has 0 aromatic carbocycles. The molecule has 0 bridgehead atoms. The van der Waals surface area contributed by atoms with Gasteiger partial charge in [0.25, 0.3) is 0 Å². The SMILES string of the molecule is C=C(N/C=C(\C)CC)C(=O)OCC. The van der Waals surface area contributed by atoms with Crippen LogP contribution in [-0.4, -0.2) is 12.6 Å². The van der Waals surface area contributed by atoms with Gasteiger partial charge in [-0.15, -0.1) is 0 Å². The van der Waals surface area contributed by atoms with E-state index >= 15 is 0 Å². The second-order valence-electron chi connectivity index (χ2n) is 2.69. The summed E-state index contributed by atoms with van der Waals surface area (Å²) in [5, 5.41) is 2.79. The first-order chi connectivity index (χ1) is 6.11. The maximum atomic E-state index is 11.0. The zero-order valence-corrected chi connectivity index (χ0v) is 8.52. The molecular weight excluding hydrogens is 166 g/mol. The lowest BCUT2D eigenvalue weighted by Crippen LogP contribution is -2.17. The molecule has 3 nitrogen and oxygen atoms in total. The highest BCUT2D eigenvalue weighted by atomic mass is 16.5. The van der Waals surface area contributed by atoms with Gasteiger partial charge in [-0.25, -0.2) is 4.79 Å². The summed E-state index contributed by atoms with van der Waals surface area (Å²) in [6.07, 6.45) is 2.71. The average molecular weight is 183 g/mol. The number of carbonyl (C=O) groups is 1. The van der Waals surface area contributed by atoms with Crippen molar-refractivity contribution in [1.82, 2.24) is 5.32 Å². The van der Waals surface area contributed by atoms with Gasteiger partial charge < -0.3 is 10.1 Å². The molecule has 0 aliphatic heterocycles. The van der Waals surface area contributed by atoms with Crippen molar-refractivity contribution in [1.29, 1.82) is 0 Å². The summed E-state index contributed by atoms with van der Waals surface area (Å²) < 4.78 is 4.74. The Bertz CT molecular complexity index is 219. The van der Waals surface area contributed by atoms with Crippen LogP contribution in [0.25, 0.3) is 0 Å². The van der Waals surface area contributed by atoms with Crippen molar-refractivity contribution in [2.24, 2.45) is 0 Å². The second-order valence-corrected chi connectivity index (χ2v) is 2.69. The van der Waals surface area contributed by atoms with Crippen LogP contribution in [0.1, 0.15) is 27.2 Å². The lowest BCUT2D eigenvalue weighted by molar-refractivity contribution is -0.138. The van der Waals surface area contributed by atoms with Crippen LogP contribution in [-0.2, 0) is 9.53 Å². The number of allylic oxidation sites excluding steroid dienone is 1. The predicted octanol–water partition coefficient (Wildman–Crippen LogP) is 1.97. The highest BCUT2D eigenvalue weighted by Gasteiger charge is 2.04. The molecule has 0 radical (unpaired) electrons. The molecule has 0 fully saturated rings. The third-order valence-corrected chi connectivity index (χ3v) is 1.57. The Balaban J connectivity index is 3.94. The van der Waals surface area contributed by atoms with Crippen LogP contribution in [0.2, 0.25) is 0 Å². The van der Waals surface area contributed by atoms with Gasteiger partial charge >= 0.3 is 5.97 Å². The molecule has 0 heterocycles. The molecule has 3 heteroatoms. The lowest BCUT2D eigenvalue weighted by Gasteiger charge is -2.05. The summed E-state index contributed by atoms with van der Waals surface area (Å²) in [6, 6.07) is 0. The Morgan fingerprint density at radius 2 is 2.15 bits per heavy atom. The smallest absolute Gasteiger partial charge is 0.354 e. The number of hydrogen-bond donors (Lipinski definition) is 1. The van der Waals surface area contributed by atoms with Gasteiger partial charge in [-0.3, -0.25) is 0 Å². The van der Waals surface area contributed by atoms with Gasteiger partial charge in [-0.05, 0) is 20.3 Å². The molecule has 0 aliphatic rings. The Morgan fingerprint density at radius 1 is 1.54 bits per heavy atom. The molecule has 0 atom stereocenters. The van der Waals surface area contributed by atoms with E-state index in [-0.39, 0.29) is 5.70 Å². The standard InChI is InChI=1S/C10H17NO2/c1-5-8(3)7-11-9(4)10(12)13-6-2/h7,11H,4-6H2,1-3H3/b8-7+. The fourth-order valence-corrected chi connectivity index (χ4v) is 0.590. The van der Waals surface area contributed by atoms with Crippen molar-refractivity contribution in [3.05, 3.63) is 24.0 Å². The van der Waals surface area contributed by atoms with Crippen molar-refractivity contribution in [3.63, 3.8) is 0 Å². The van der Waals surface area contributed by atoms with Crippen LogP contribution in [0, 0.1) is 0 Å². The fraction of sp³-hybridized carbons (Fsp3) is 0.500. The van der Waals surface area contributed by atoms with E-state index in [1.165, 1.54) is 0 Å². The van der Waals surface area contributed by atoms with E-state index in [0.717, 1.165) is 12.0 Å². The van der Waals surface area contributed by atoms with E-state index < -0.39 is 5.97 Å². The van der Waals surface area contributed by atoms with Gasteiger partial charge in [-0.1, -0.05) is 19.1 Å². The molecule has 0 amide bonds. The number of carbonyl (C=O) groups excluding carboxylic acids is 1. The molecule has 0 saturated carbocycles. The minimum atomic E-state index is -0.400. The van der Waals surface area contributed by atoms with Gasteiger partial charge in [0.05, 0.1) is 6.61 Å². The van der Waals surface area contributed by atoms with Crippen LogP contribution < -0.4 is 5.32 Å². The predicted molar refractivity (Wildman–Crippen MR) is 53.0 cm³/mol. The first kappa shape index (κ1) is 11.8. The van der Waals surface area contributed by atoms with Crippen molar-refractivity contribution < 1.29 is 9.53 Å². The number of hydrogen-bond acceptors (Lipinski definition) is 3. The number of nitrogens with one attached hydrogen (secondary N) is 1. The normalized spacial score (nSPS) is 10.8. The molecule has 0 spiro atoms. The molecule has 74 valence electrons. The van der Waals surface area contributed by atoms with E-state index in [9.17, 15) is 4.79 Å². The van der Waals surface area contributed by atoms with E-state index in [1.807, 2.05) is 13.8 Å². The van der Waals surface area contributed by atoms with Crippen molar-refractivity contribution in [2.75, 3.05) is 6.61 Å². The molecule has 1 N–H and O–H groups in total. The first-order valence-electron chi connectivity index (χ1n) is 4.40.